The van der Waals surface area contributed by atoms with Crippen LogP contribution in [0.4, 0.5) is 5.69 Å². The number of anilines is 1. The van der Waals surface area contributed by atoms with E-state index in [0.29, 0.717) is 12.4 Å². The largest absolute Gasteiger partial charge is 0.455 e. The minimum atomic E-state index is 0.448. The van der Waals surface area contributed by atoms with Crippen LogP contribution in [-0.2, 0) is 6.54 Å². The van der Waals surface area contributed by atoms with Gasteiger partial charge in [-0.1, -0.05) is 42.5 Å². The van der Waals surface area contributed by atoms with Crippen LogP contribution < -0.4 is 10.1 Å². The minimum Gasteiger partial charge on any atom is -0.455 e. The number of hydrogen-bond acceptors (Lipinski definition) is 5. The molecule has 0 aliphatic carbocycles. The van der Waals surface area contributed by atoms with Gasteiger partial charge in [-0.3, -0.25) is 0 Å². The van der Waals surface area contributed by atoms with Gasteiger partial charge in [0.2, 0.25) is 0 Å². The molecule has 0 spiro atoms. The number of para-hydroxylation sites is 4. The van der Waals surface area contributed by atoms with Crippen molar-refractivity contribution in [1.82, 2.24) is 20.2 Å². The second-order valence-electron chi connectivity index (χ2n) is 5.72. The maximum absolute atomic E-state index is 5.98. The van der Waals surface area contributed by atoms with Crippen molar-refractivity contribution in [2.45, 2.75) is 6.54 Å². The predicted octanol–water partition coefficient (Wildman–Crippen LogP) is 4.83. The summed E-state index contributed by atoms with van der Waals surface area (Å²) in [4.78, 5) is 0. The fraction of sp³-hybridized carbons (Fsp3) is 0.0500. The second-order valence-corrected chi connectivity index (χ2v) is 6.58. The molecule has 6 nitrogen and oxygen atoms in total. The van der Waals surface area contributed by atoms with Gasteiger partial charge in [-0.25, -0.2) is 0 Å². The molecule has 27 heavy (non-hydrogen) atoms. The molecule has 0 saturated heterocycles. The number of nitrogens with one attached hydrogen (secondary N) is 1. The molecule has 4 rings (SSSR count). The second kappa shape index (κ2) is 8.01. The quantitative estimate of drug-likeness (QED) is 0.482. The number of aromatic nitrogens is 4. The van der Waals surface area contributed by atoms with Gasteiger partial charge in [-0.2, -0.15) is 4.68 Å². The minimum absolute atomic E-state index is 0.448. The van der Waals surface area contributed by atoms with Gasteiger partial charge in [0.05, 0.1) is 17.9 Å². The van der Waals surface area contributed by atoms with Crippen molar-refractivity contribution in [3.8, 4) is 17.2 Å². The lowest BCUT2D eigenvalue weighted by atomic mass is 10.2. The zero-order valence-electron chi connectivity index (χ0n) is 14.3. The molecule has 0 atom stereocenters. The van der Waals surface area contributed by atoms with Crippen molar-refractivity contribution in [2.24, 2.45) is 0 Å². The van der Waals surface area contributed by atoms with Crippen LogP contribution in [0.5, 0.6) is 11.5 Å². The summed E-state index contributed by atoms with van der Waals surface area (Å²) in [7, 11) is 0. The molecule has 0 saturated carbocycles. The molecule has 1 heterocycles. The number of hydrogen-bond donors (Lipinski definition) is 1. The predicted molar refractivity (Wildman–Crippen MR) is 107 cm³/mol. The Kier molecular flexibility index (Phi) is 5.11. The normalized spacial score (nSPS) is 10.6. The van der Waals surface area contributed by atoms with Crippen molar-refractivity contribution in [3.63, 3.8) is 0 Å². The van der Waals surface area contributed by atoms with Gasteiger partial charge < -0.3 is 10.1 Å². The average Bonchev–Trinajstić information content (AvgIpc) is 3.17. The van der Waals surface area contributed by atoms with Gasteiger partial charge in [-0.15, -0.1) is 5.10 Å². The highest BCUT2D eigenvalue weighted by Crippen LogP contribution is 2.29. The summed E-state index contributed by atoms with van der Waals surface area (Å²) in [6.45, 7) is 0.448. The molecule has 3 aromatic carbocycles. The van der Waals surface area contributed by atoms with Gasteiger partial charge >= 0.3 is 0 Å². The van der Waals surface area contributed by atoms with Gasteiger partial charge in [0.15, 0.2) is 11.6 Å². The molecule has 0 aliphatic heterocycles. The van der Waals surface area contributed by atoms with Crippen LogP contribution in [0.1, 0.15) is 5.82 Å². The Labute approximate surface area is 164 Å². The summed E-state index contributed by atoms with van der Waals surface area (Å²) >= 11 is 3.54. The molecule has 134 valence electrons. The first-order valence-electron chi connectivity index (χ1n) is 8.39. The van der Waals surface area contributed by atoms with Crippen LogP contribution in [0, 0.1) is 0 Å². The zero-order chi connectivity index (χ0) is 18.5. The van der Waals surface area contributed by atoms with Gasteiger partial charge in [0.1, 0.15) is 5.75 Å². The summed E-state index contributed by atoms with van der Waals surface area (Å²) in [5.41, 5.74) is 1.75. The summed E-state index contributed by atoms with van der Waals surface area (Å²) in [6, 6.07) is 25.3. The van der Waals surface area contributed by atoms with E-state index in [1.54, 1.807) is 4.68 Å². The number of ether oxygens (including phenoxy) is 1. The molecule has 4 aromatic rings. The Morgan fingerprint density at radius 1 is 0.889 bits per heavy atom. The van der Waals surface area contributed by atoms with Crippen molar-refractivity contribution in [2.75, 3.05) is 5.32 Å². The topological polar surface area (TPSA) is 64.9 Å². The Balaban J connectivity index is 1.54. The number of tetrazole rings is 1. The van der Waals surface area contributed by atoms with E-state index in [9.17, 15) is 0 Å². The molecule has 0 unspecified atom stereocenters. The molecular weight excluding hydrogens is 406 g/mol. The van der Waals surface area contributed by atoms with E-state index in [-0.39, 0.29) is 0 Å². The highest BCUT2D eigenvalue weighted by atomic mass is 79.9. The highest BCUT2D eigenvalue weighted by molar-refractivity contribution is 9.10. The van der Waals surface area contributed by atoms with Crippen LogP contribution in [0.3, 0.4) is 0 Å². The zero-order valence-corrected chi connectivity index (χ0v) is 15.9. The smallest absolute Gasteiger partial charge is 0.175 e. The standard InChI is InChI=1S/C20H16BrN5O/c21-16-10-4-6-12-18(16)26-20(23-24-25-26)14-22-17-11-5-7-13-19(17)27-15-8-2-1-3-9-15/h1-13,22H,14H2. The molecule has 0 fully saturated rings. The van der Waals surface area contributed by atoms with E-state index < -0.39 is 0 Å². The van der Waals surface area contributed by atoms with Crippen molar-refractivity contribution < 1.29 is 4.74 Å². The van der Waals surface area contributed by atoms with Crippen molar-refractivity contribution >= 4 is 21.6 Å². The Bertz CT molecular complexity index is 1040. The van der Waals surface area contributed by atoms with E-state index in [0.717, 1.165) is 27.3 Å². The lowest BCUT2D eigenvalue weighted by molar-refractivity contribution is 0.484. The molecule has 1 aromatic heterocycles. The van der Waals surface area contributed by atoms with Gasteiger partial charge in [-0.05, 0) is 62.8 Å². The summed E-state index contributed by atoms with van der Waals surface area (Å²) < 4.78 is 8.61. The highest BCUT2D eigenvalue weighted by Gasteiger charge is 2.12. The first-order chi connectivity index (χ1) is 13.3. The third kappa shape index (κ3) is 3.98. The molecule has 1 N–H and O–H groups in total. The Morgan fingerprint density at radius 3 is 2.48 bits per heavy atom. The van der Waals surface area contributed by atoms with Crippen LogP contribution >= 0.6 is 15.9 Å². The van der Waals surface area contributed by atoms with Crippen LogP contribution in [0.25, 0.3) is 5.69 Å². The number of benzene rings is 3. The van der Waals surface area contributed by atoms with Gasteiger partial charge in [0.25, 0.3) is 0 Å². The van der Waals surface area contributed by atoms with Crippen LogP contribution in [0.15, 0.2) is 83.3 Å². The molecule has 0 aliphatic rings. The maximum Gasteiger partial charge on any atom is 0.175 e. The van der Waals surface area contributed by atoms with E-state index in [1.165, 1.54) is 0 Å². The fourth-order valence-corrected chi connectivity index (χ4v) is 3.07. The van der Waals surface area contributed by atoms with E-state index in [2.05, 4.69) is 36.8 Å². The Hall–Kier alpha value is -3.19. The average molecular weight is 422 g/mol. The van der Waals surface area contributed by atoms with Crippen LogP contribution in [-0.4, -0.2) is 20.2 Å². The van der Waals surface area contributed by atoms with E-state index in [1.807, 2.05) is 78.9 Å². The van der Waals surface area contributed by atoms with Gasteiger partial charge in [0, 0.05) is 4.47 Å². The molecule has 0 bridgehead atoms. The summed E-state index contributed by atoms with van der Waals surface area (Å²) in [5, 5.41) is 15.4. The van der Waals surface area contributed by atoms with Crippen molar-refractivity contribution in [3.05, 3.63) is 89.2 Å². The maximum atomic E-state index is 5.98. The molecular formula is C20H16BrN5O. The SMILES string of the molecule is Brc1ccccc1-n1nnnc1CNc1ccccc1Oc1ccccc1. The first kappa shape index (κ1) is 17.2. The number of rotatable bonds is 6. The molecule has 0 radical (unpaired) electrons. The van der Waals surface area contributed by atoms with Crippen molar-refractivity contribution in [1.29, 1.82) is 0 Å². The van der Waals surface area contributed by atoms with Crippen LogP contribution in [0.2, 0.25) is 0 Å². The third-order valence-corrected chi connectivity index (χ3v) is 4.58. The van der Waals surface area contributed by atoms with E-state index >= 15 is 0 Å². The molecule has 7 heteroatoms. The lowest BCUT2D eigenvalue weighted by Crippen LogP contribution is -2.09. The number of nitrogens with zero attached hydrogens (tertiary/aromatic N) is 4. The summed E-state index contributed by atoms with van der Waals surface area (Å²) in [6.07, 6.45) is 0. The monoisotopic (exact) mass is 421 g/mol. The first-order valence-corrected chi connectivity index (χ1v) is 9.18. The molecule has 0 amide bonds. The Morgan fingerprint density at radius 2 is 1.63 bits per heavy atom. The third-order valence-electron chi connectivity index (χ3n) is 3.91. The fourth-order valence-electron chi connectivity index (χ4n) is 2.62. The summed E-state index contributed by atoms with van der Waals surface area (Å²) in [5.74, 6) is 2.21. The lowest BCUT2D eigenvalue weighted by Gasteiger charge is -2.13. The number of halogens is 1. The van der Waals surface area contributed by atoms with E-state index in [4.69, 9.17) is 4.74 Å².